The first kappa shape index (κ1) is 17.5. The van der Waals surface area contributed by atoms with Gasteiger partial charge in [-0.25, -0.2) is 0 Å². The molecule has 2 aromatic rings. The number of rotatable bonds is 5. The molecule has 2 amide bonds. The first-order valence-corrected chi connectivity index (χ1v) is 7.65. The van der Waals surface area contributed by atoms with Crippen LogP contribution in [0.3, 0.4) is 0 Å². The van der Waals surface area contributed by atoms with Crippen LogP contribution in [0.5, 0.6) is 5.75 Å². The van der Waals surface area contributed by atoms with Crippen LogP contribution >= 0.6 is 0 Å². The van der Waals surface area contributed by atoms with Crippen molar-refractivity contribution in [1.82, 2.24) is 15.1 Å². The summed E-state index contributed by atoms with van der Waals surface area (Å²) in [4.78, 5) is 23.9. The van der Waals surface area contributed by atoms with Crippen LogP contribution in [0, 0.1) is 13.8 Å². The molecule has 1 aromatic carbocycles. The van der Waals surface area contributed by atoms with Gasteiger partial charge in [0.2, 0.25) is 0 Å². The fourth-order valence-corrected chi connectivity index (χ4v) is 2.43. The summed E-state index contributed by atoms with van der Waals surface area (Å²) < 4.78 is 6.91. The minimum Gasteiger partial charge on any atom is -0.496 e. The molecule has 1 heterocycles. The van der Waals surface area contributed by atoms with Gasteiger partial charge in [0.1, 0.15) is 5.75 Å². The number of ether oxygens (including phenoxy) is 1. The van der Waals surface area contributed by atoms with Crippen molar-refractivity contribution in [2.45, 2.75) is 20.3 Å². The van der Waals surface area contributed by atoms with Crippen LogP contribution in [0.2, 0.25) is 0 Å². The number of anilines is 1. The van der Waals surface area contributed by atoms with Gasteiger partial charge in [-0.1, -0.05) is 18.2 Å². The van der Waals surface area contributed by atoms with Gasteiger partial charge in [0.25, 0.3) is 0 Å². The molecule has 7 nitrogen and oxygen atoms in total. The molecule has 0 spiro atoms. The molecule has 0 aliphatic rings. The highest BCUT2D eigenvalue weighted by Crippen LogP contribution is 2.18. The Morgan fingerprint density at radius 3 is 2.54 bits per heavy atom. The Labute approximate surface area is 141 Å². The number of carbonyl (C=O) groups excluding carboxylic acids is 2. The molecular formula is C17H22N4O3. The zero-order valence-electron chi connectivity index (χ0n) is 14.3. The fourth-order valence-electron chi connectivity index (χ4n) is 2.43. The van der Waals surface area contributed by atoms with Crippen molar-refractivity contribution in [3.63, 3.8) is 0 Å². The molecule has 7 heteroatoms. The predicted octanol–water partition coefficient (Wildman–Crippen LogP) is 1.34. The Morgan fingerprint density at radius 1 is 1.21 bits per heavy atom. The van der Waals surface area contributed by atoms with E-state index in [0.717, 1.165) is 17.0 Å². The second-order valence-corrected chi connectivity index (χ2v) is 5.44. The van der Waals surface area contributed by atoms with E-state index in [1.807, 2.05) is 31.2 Å². The number of para-hydroxylation sites is 1. The Morgan fingerprint density at radius 2 is 1.92 bits per heavy atom. The van der Waals surface area contributed by atoms with E-state index in [0.29, 0.717) is 24.3 Å². The van der Waals surface area contributed by atoms with E-state index in [4.69, 9.17) is 4.74 Å². The molecule has 0 saturated carbocycles. The van der Waals surface area contributed by atoms with E-state index >= 15 is 0 Å². The van der Waals surface area contributed by atoms with Crippen molar-refractivity contribution in [3.05, 3.63) is 41.2 Å². The topological polar surface area (TPSA) is 85.2 Å². The standard InChI is InChI=1S/C17H22N4O3/c1-11-15(12(2)21(3)20-11)19-17(23)16(22)18-10-9-13-7-5-6-8-14(13)24-4/h5-8H,9-10H2,1-4H3,(H,18,22)(H,19,23). The maximum Gasteiger partial charge on any atom is 0.313 e. The van der Waals surface area contributed by atoms with Gasteiger partial charge in [0, 0.05) is 13.6 Å². The monoisotopic (exact) mass is 330 g/mol. The zero-order valence-corrected chi connectivity index (χ0v) is 14.3. The molecule has 0 saturated heterocycles. The quantitative estimate of drug-likeness (QED) is 0.810. The fraction of sp³-hybridized carbons (Fsp3) is 0.353. The lowest BCUT2D eigenvalue weighted by molar-refractivity contribution is -0.136. The van der Waals surface area contributed by atoms with Crippen molar-refractivity contribution in [2.75, 3.05) is 19.0 Å². The van der Waals surface area contributed by atoms with Gasteiger partial charge in [-0.15, -0.1) is 0 Å². The minimum atomic E-state index is -0.700. The number of benzene rings is 1. The number of methoxy groups -OCH3 is 1. The van der Waals surface area contributed by atoms with Gasteiger partial charge in [-0.05, 0) is 31.9 Å². The summed E-state index contributed by atoms with van der Waals surface area (Å²) in [7, 11) is 3.38. The summed E-state index contributed by atoms with van der Waals surface area (Å²) in [5, 5.41) is 9.43. The molecule has 0 aliphatic heterocycles. The molecule has 0 aliphatic carbocycles. The third-order valence-electron chi connectivity index (χ3n) is 3.83. The van der Waals surface area contributed by atoms with Crippen LogP contribution < -0.4 is 15.4 Å². The van der Waals surface area contributed by atoms with Crippen LogP contribution in [0.15, 0.2) is 24.3 Å². The second-order valence-electron chi connectivity index (χ2n) is 5.44. The van der Waals surface area contributed by atoms with E-state index in [9.17, 15) is 9.59 Å². The molecule has 0 radical (unpaired) electrons. The first-order valence-electron chi connectivity index (χ1n) is 7.65. The number of hydrogen-bond acceptors (Lipinski definition) is 4. The average molecular weight is 330 g/mol. The molecule has 0 unspecified atom stereocenters. The Hall–Kier alpha value is -2.83. The highest BCUT2D eigenvalue weighted by molar-refractivity contribution is 6.39. The van der Waals surface area contributed by atoms with Crippen molar-refractivity contribution in [1.29, 1.82) is 0 Å². The van der Waals surface area contributed by atoms with Crippen LogP contribution in [0.1, 0.15) is 17.0 Å². The van der Waals surface area contributed by atoms with Gasteiger partial charge in [0.15, 0.2) is 0 Å². The van der Waals surface area contributed by atoms with Gasteiger partial charge in [-0.3, -0.25) is 14.3 Å². The highest BCUT2D eigenvalue weighted by atomic mass is 16.5. The van der Waals surface area contributed by atoms with Crippen molar-refractivity contribution < 1.29 is 14.3 Å². The molecular weight excluding hydrogens is 308 g/mol. The van der Waals surface area contributed by atoms with Crippen LogP contribution in [-0.4, -0.2) is 35.2 Å². The normalized spacial score (nSPS) is 10.3. The van der Waals surface area contributed by atoms with Crippen molar-refractivity contribution in [2.24, 2.45) is 7.05 Å². The summed E-state index contributed by atoms with van der Waals surface area (Å²) in [6, 6.07) is 7.57. The van der Waals surface area contributed by atoms with Gasteiger partial charge < -0.3 is 15.4 Å². The van der Waals surface area contributed by atoms with Gasteiger partial charge in [-0.2, -0.15) is 5.10 Å². The van der Waals surface area contributed by atoms with E-state index in [1.165, 1.54) is 0 Å². The molecule has 128 valence electrons. The summed E-state index contributed by atoms with van der Waals surface area (Å²) in [6.45, 7) is 3.95. The third kappa shape index (κ3) is 3.92. The summed E-state index contributed by atoms with van der Waals surface area (Å²) in [5.74, 6) is -0.611. The maximum absolute atomic E-state index is 12.0. The Bertz CT molecular complexity index is 752. The second kappa shape index (κ2) is 7.63. The molecule has 2 N–H and O–H groups in total. The lowest BCUT2D eigenvalue weighted by Crippen LogP contribution is -2.36. The number of nitrogens with zero attached hydrogens (tertiary/aromatic N) is 2. The molecule has 0 bridgehead atoms. The number of aryl methyl sites for hydroxylation is 2. The van der Waals surface area contributed by atoms with Crippen molar-refractivity contribution in [3.8, 4) is 5.75 Å². The van der Waals surface area contributed by atoms with E-state index in [1.54, 1.807) is 25.8 Å². The number of nitrogens with one attached hydrogen (secondary N) is 2. The summed E-state index contributed by atoms with van der Waals surface area (Å²) in [6.07, 6.45) is 0.577. The molecule has 2 rings (SSSR count). The van der Waals surface area contributed by atoms with Crippen LogP contribution in [0.25, 0.3) is 0 Å². The first-order chi connectivity index (χ1) is 11.4. The number of hydrogen-bond donors (Lipinski definition) is 2. The summed E-state index contributed by atoms with van der Waals surface area (Å²) in [5.41, 5.74) is 3.01. The zero-order chi connectivity index (χ0) is 17.7. The number of carbonyl (C=O) groups is 2. The molecule has 1 aromatic heterocycles. The lowest BCUT2D eigenvalue weighted by atomic mass is 10.1. The lowest BCUT2D eigenvalue weighted by Gasteiger charge is -2.09. The Balaban J connectivity index is 1.89. The van der Waals surface area contributed by atoms with E-state index < -0.39 is 11.8 Å². The van der Waals surface area contributed by atoms with Crippen LogP contribution in [-0.2, 0) is 23.1 Å². The Kier molecular flexibility index (Phi) is 5.57. The molecule has 0 atom stereocenters. The number of aromatic nitrogens is 2. The molecule has 24 heavy (non-hydrogen) atoms. The molecule has 0 fully saturated rings. The summed E-state index contributed by atoms with van der Waals surface area (Å²) >= 11 is 0. The van der Waals surface area contributed by atoms with E-state index in [-0.39, 0.29) is 0 Å². The van der Waals surface area contributed by atoms with Gasteiger partial charge in [0.05, 0.1) is 24.2 Å². The highest BCUT2D eigenvalue weighted by Gasteiger charge is 2.18. The third-order valence-corrected chi connectivity index (χ3v) is 3.83. The largest absolute Gasteiger partial charge is 0.496 e. The van der Waals surface area contributed by atoms with E-state index in [2.05, 4.69) is 15.7 Å². The number of amides is 2. The van der Waals surface area contributed by atoms with Gasteiger partial charge >= 0.3 is 11.8 Å². The maximum atomic E-state index is 12.0. The predicted molar refractivity (Wildman–Crippen MR) is 91.0 cm³/mol. The van der Waals surface area contributed by atoms with Crippen molar-refractivity contribution >= 4 is 17.5 Å². The SMILES string of the molecule is COc1ccccc1CCNC(=O)C(=O)Nc1c(C)nn(C)c1C. The minimum absolute atomic E-state index is 0.345. The average Bonchev–Trinajstić information content (AvgIpc) is 2.81. The van der Waals surface area contributed by atoms with Crippen LogP contribution in [0.4, 0.5) is 5.69 Å². The smallest absolute Gasteiger partial charge is 0.313 e.